The second-order valence-electron chi connectivity index (χ2n) is 7.87. The van der Waals surface area contributed by atoms with Gasteiger partial charge in [-0.05, 0) is 36.2 Å². The minimum absolute atomic E-state index is 0.101. The van der Waals surface area contributed by atoms with Crippen LogP contribution in [0.5, 0.6) is 5.75 Å². The van der Waals surface area contributed by atoms with Gasteiger partial charge in [-0.15, -0.1) is 0 Å². The van der Waals surface area contributed by atoms with Crippen LogP contribution < -0.4 is 15.4 Å². The molecule has 3 rings (SSSR count). The normalized spacial score (nSPS) is 14.5. The van der Waals surface area contributed by atoms with Crippen LogP contribution in [0.4, 0.5) is 5.69 Å². The quantitative estimate of drug-likeness (QED) is 0.658. The second kappa shape index (κ2) is 11.3. The van der Waals surface area contributed by atoms with Crippen LogP contribution >= 0.6 is 0 Å². The van der Waals surface area contributed by atoms with Gasteiger partial charge in [0.2, 0.25) is 5.91 Å². The maximum atomic E-state index is 12.9. The molecule has 170 valence electrons. The van der Waals surface area contributed by atoms with Gasteiger partial charge in [-0.3, -0.25) is 14.4 Å². The van der Waals surface area contributed by atoms with E-state index in [1.807, 2.05) is 32.0 Å². The Morgan fingerprint density at radius 2 is 1.75 bits per heavy atom. The van der Waals surface area contributed by atoms with Gasteiger partial charge in [-0.1, -0.05) is 38.1 Å². The minimum atomic E-state index is -0.750. The summed E-state index contributed by atoms with van der Waals surface area (Å²) in [7, 11) is 0. The Balaban J connectivity index is 1.59. The first-order valence-corrected chi connectivity index (χ1v) is 10.7. The second-order valence-corrected chi connectivity index (χ2v) is 7.87. The summed E-state index contributed by atoms with van der Waals surface area (Å²) in [5.41, 5.74) is 0.987. The highest BCUT2D eigenvalue weighted by Crippen LogP contribution is 2.15. The molecule has 1 heterocycles. The summed E-state index contributed by atoms with van der Waals surface area (Å²) in [6.45, 7) is 5.63. The molecule has 0 spiro atoms. The van der Waals surface area contributed by atoms with Crippen LogP contribution in [0.2, 0.25) is 0 Å². The third-order valence-corrected chi connectivity index (χ3v) is 5.05. The summed E-state index contributed by atoms with van der Waals surface area (Å²) in [5.74, 6) is -0.414. The number of ether oxygens (including phenoxy) is 2. The lowest BCUT2D eigenvalue weighted by atomic mass is 10.0. The number of nitrogens with zero attached hydrogens (tertiary/aromatic N) is 1. The van der Waals surface area contributed by atoms with Gasteiger partial charge in [0, 0.05) is 24.3 Å². The number of morpholine rings is 1. The summed E-state index contributed by atoms with van der Waals surface area (Å²) in [5, 5.41) is 5.54. The number of hydrogen-bond donors (Lipinski definition) is 2. The lowest BCUT2D eigenvalue weighted by Crippen LogP contribution is -2.48. The molecule has 2 aromatic rings. The van der Waals surface area contributed by atoms with Crippen molar-refractivity contribution >= 4 is 23.4 Å². The smallest absolute Gasteiger partial charge is 0.258 e. The Morgan fingerprint density at radius 3 is 2.44 bits per heavy atom. The average Bonchev–Trinajstić information content (AvgIpc) is 2.82. The predicted octanol–water partition coefficient (Wildman–Crippen LogP) is 2.32. The van der Waals surface area contributed by atoms with Gasteiger partial charge >= 0.3 is 0 Å². The molecule has 1 fully saturated rings. The molecular formula is C24H29N3O5. The van der Waals surface area contributed by atoms with Crippen molar-refractivity contribution in [2.75, 3.05) is 38.2 Å². The van der Waals surface area contributed by atoms with E-state index in [2.05, 4.69) is 10.6 Å². The molecule has 3 amide bonds. The van der Waals surface area contributed by atoms with Crippen LogP contribution in [0.1, 0.15) is 24.2 Å². The van der Waals surface area contributed by atoms with E-state index in [0.717, 1.165) is 0 Å². The molecule has 1 atom stereocenters. The number of benzene rings is 2. The van der Waals surface area contributed by atoms with E-state index in [1.165, 1.54) is 0 Å². The zero-order valence-corrected chi connectivity index (χ0v) is 18.4. The van der Waals surface area contributed by atoms with Gasteiger partial charge in [0.25, 0.3) is 11.8 Å². The number of rotatable bonds is 8. The molecule has 8 heteroatoms. The molecule has 0 aromatic heterocycles. The first-order chi connectivity index (χ1) is 15.4. The van der Waals surface area contributed by atoms with Crippen molar-refractivity contribution in [2.24, 2.45) is 5.92 Å². The zero-order chi connectivity index (χ0) is 22.9. The highest BCUT2D eigenvalue weighted by atomic mass is 16.5. The van der Waals surface area contributed by atoms with Crippen LogP contribution in [-0.2, 0) is 14.3 Å². The number of nitrogens with one attached hydrogen (secondary N) is 2. The van der Waals surface area contributed by atoms with Gasteiger partial charge in [-0.2, -0.15) is 0 Å². The molecule has 32 heavy (non-hydrogen) atoms. The van der Waals surface area contributed by atoms with E-state index < -0.39 is 6.04 Å². The van der Waals surface area contributed by atoms with Crippen LogP contribution in [0.3, 0.4) is 0 Å². The molecule has 0 bridgehead atoms. The fourth-order valence-electron chi connectivity index (χ4n) is 3.31. The Kier molecular flexibility index (Phi) is 8.21. The minimum Gasteiger partial charge on any atom is -0.484 e. The molecule has 0 radical (unpaired) electrons. The van der Waals surface area contributed by atoms with Crippen LogP contribution in [0.25, 0.3) is 0 Å². The summed E-state index contributed by atoms with van der Waals surface area (Å²) in [6.07, 6.45) is 0. The number of amides is 3. The van der Waals surface area contributed by atoms with E-state index in [4.69, 9.17) is 9.47 Å². The Hall–Kier alpha value is -3.39. The van der Waals surface area contributed by atoms with E-state index in [9.17, 15) is 14.4 Å². The molecule has 2 N–H and O–H groups in total. The van der Waals surface area contributed by atoms with E-state index in [-0.39, 0.29) is 30.2 Å². The molecule has 1 unspecified atom stereocenters. The molecular weight excluding hydrogens is 410 g/mol. The summed E-state index contributed by atoms with van der Waals surface area (Å²) in [6, 6.07) is 15.0. The molecule has 0 aliphatic carbocycles. The number of carbonyl (C=O) groups excluding carboxylic acids is 3. The molecule has 1 saturated heterocycles. The Labute approximate surface area is 187 Å². The van der Waals surface area contributed by atoms with Crippen LogP contribution in [-0.4, -0.2) is 61.6 Å². The largest absolute Gasteiger partial charge is 0.484 e. The van der Waals surface area contributed by atoms with Crippen molar-refractivity contribution < 1.29 is 23.9 Å². The highest BCUT2D eigenvalue weighted by Gasteiger charge is 2.25. The van der Waals surface area contributed by atoms with Gasteiger partial charge in [0.05, 0.1) is 13.2 Å². The third kappa shape index (κ3) is 6.55. The maximum Gasteiger partial charge on any atom is 0.258 e. The average molecular weight is 440 g/mol. The summed E-state index contributed by atoms with van der Waals surface area (Å²) < 4.78 is 10.7. The summed E-state index contributed by atoms with van der Waals surface area (Å²) in [4.78, 5) is 39.6. The van der Waals surface area contributed by atoms with E-state index >= 15 is 0 Å². The molecule has 1 aliphatic heterocycles. The van der Waals surface area contributed by atoms with Gasteiger partial charge in [0.1, 0.15) is 11.8 Å². The van der Waals surface area contributed by atoms with Crippen LogP contribution in [0.15, 0.2) is 54.6 Å². The molecule has 8 nitrogen and oxygen atoms in total. The SMILES string of the molecule is CC(C)C(NC(=O)COc1ccccc1)C(=O)Nc1cccc(C(=O)N2CCOCC2)c1. The van der Waals surface area contributed by atoms with Gasteiger partial charge in [-0.25, -0.2) is 0 Å². The van der Waals surface area contributed by atoms with Crippen molar-refractivity contribution in [3.05, 3.63) is 60.2 Å². The Bertz CT molecular complexity index is 926. The van der Waals surface area contributed by atoms with Crippen LogP contribution in [0, 0.1) is 5.92 Å². The standard InChI is InChI=1S/C24H29N3O5/c1-17(2)22(26-21(28)16-32-20-9-4-3-5-10-20)23(29)25-19-8-6-7-18(15-19)24(30)27-11-13-31-14-12-27/h3-10,15,17,22H,11-14,16H2,1-2H3,(H,25,29)(H,26,28). The van der Waals surface area contributed by atoms with Crippen molar-refractivity contribution in [3.8, 4) is 5.75 Å². The molecule has 2 aromatic carbocycles. The van der Waals surface area contributed by atoms with Crippen molar-refractivity contribution in [2.45, 2.75) is 19.9 Å². The third-order valence-electron chi connectivity index (χ3n) is 5.05. The van der Waals surface area contributed by atoms with Crippen molar-refractivity contribution in [1.82, 2.24) is 10.2 Å². The first kappa shape index (κ1) is 23.3. The van der Waals surface area contributed by atoms with Gasteiger partial charge < -0.3 is 25.0 Å². The monoisotopic (exact) mass is 439 g/mol. The Morgan fingerprint density at radius 1 is 1.03 bits per heavy atom. The zero-order valence-electron chi connectivity index (χ0n) is 18.4. The number of anilines is 1. The summed E-state index contributed by atoms with van der Waals surface area (Å²) >= 11 is 0. The number of hydrogen-bond acceptors (Lipinski definition) is 5. The fourth-order valence-corrected chi connectivity index (χ4v) is 3.31. The first-order valence-electron chi connectivity index (χ1n) is 10.7. The number of para-hydroxylation sites is 1. The van der Waals surface area contributed by atoms with Crippen molar-refractivity contribution in [3.63, 3.8) is 0 Å². The predicted molar refractivity (Wildman–Crippen MR) is 120 cm³/mol. The highest BCUT2D eigenvalue weighted by molar-refractivity contribution is 6.00. The molecule has 1 aliphatic rings. The van der Waals surface area contributed by atoms with E-state index in [0.29, 0.717) is 43.3 Å². The lowest BCUT2D eigenvalue weighted by molar-refractivity contribution is -0.128. The van der Waals surface area contributed by atoms with Crippen molar-refractivity contribution in [1.29, 1.82) is 0 Å². The van der Waals surface area contributed by atoms with Gasteiger partial charge in [0.15, 0.2) is 6.61 Å². The maximum absolute atomic E-state index is 12.9. The number of carbonyl (C=O) groups is 3. The molecule has 0 saturated carbocycles. The topological polar surface area (TPSA) is 97.0 Å². The van der Waals surface area contributed by atoms with E-state index in [1.54, 1.807) is 41.3 Å². The fraction of sp³-hybridized carbons (Fsp3) is 0.375. The lowest BCUT2D eigenvalue weighted by Gasteiger charge is -2.27.